The molecule has 0 aliphatic carbocycles. The van der Waals surface area contributed by atoms with E-state index in [0.29, 0.717) is 44.3 Å². The molecular weight excluding hydrogens is 410 g/mol. The number of carbonyl (C=O) groups excluding carboxylic acids is 2. The van der Waals surface area contributed by atoms with Gasteiger partial charge in [0.15, 0.2) is 4.80 Å². The smallest absolute Gasteiger partial charge is 0.258 e. The van der Waals surface area contributed by atoms with Crippen LogP contribution < -0.4 is 9.54 Å². The molecule has 154 valence electrons. The van der Waals surface area contributed by atoms with Gasteiger partial charge < -0.3 is 18.9 Å². The molecule has 1 aromatic heterocycles. The number of fused-ring (bicyclic) bond motifs is 1. The van der Waals surface area contributed by atoms with Crippen LogP contribution in [0.3, 0.4) is 0 Å². The van der Waals surface area contributed by atoms with Gasteiger partial charge in [0, 0.05) is 13.1 Å². The minimum atomic E-state index is -0.285. The minimum absolute atomic E-state index is 0.0267. The second kappa shape index (κ2) is 10.5. The Morgan fingerprint density at radius 3 is 2.86 bits per heavy atom. The fraction of sp³-hybridized carbons (Fsp3) is 0.450. The van der Waals surface area contributed by atoms with E-state index in [9.17, 15) is 9.59 Å². The number of ether oxygens (including phenoxy) is 2. The number of carbonyl (C=O) groups is 2. The second-order valence-electron chi connectivity index (χ2n) is 6.23. The standard InChI is InChI=1S/C20H23N3O4S2/c1-3-7-23-16-6-5-15(27-4-2)12-17(16)29-20(23)21-18(24)13-28-14-19(25)22-8-10-26-11-9-22/h1,5-6,12H,4,7-11,13-14H2,2H3. The van der Waals surface area contributed by atoms with E-state index in [-0.39, 0.29) is 23.3 Å². The predicted molar refractivity (Wildman–Crippen MR) is 115 cm³/mol. The number of terminal acetylenes is 1. The first-order valence-electron chi connectivity index (χ1n) is 9.33. The van der Waals surface area contributed by atoms with Gasteiger partial charge in [-0.05, 0) is 25.1 Å². The molecule has 0 saturated carbocycles. The lowest BCUT2D eigenvalue weighted by molar-refractivity contribution is -0.132. The number of hydrogen-bond acceptors (Lipinski definition) is 6. The van der Waals surface area contributed by atoms with Crippen LogP contribution in [0.25, 0.3) is 10.2 Å². The third-order valence-electron chi connectivity index (χ3n) is 4.25. The number of thioether (sulfide) groups is 1. The number of nitrogens with zero attached hydrogens (tertiary/aromatic N) is 3. The number of benzene rings is 1. The van der Waals surface area contributed by atoms with Crippen molar-refractivity contribution in [3.05, 3.63) is 23.0 Å². The summed E-state index contributed by atoms with van der Waals surface area (Å²) < 4.78 is 13.6. The van der Waals surface area contributed by atoms with Crippen LogP contribution in [0, 0.1) is 12.3 Å². The maximum atomic E-state index is 12.4. The van der Waals surface area contributed by atoms with Crippen LogP contribution in [-0.4, -0.2) is 65.7 Å². The molecule has 0 N–H and O–H groups in total. The predicted octanol–water partition coefficient (Wildman–Crippen LogP) is 1.75. The van der Waals surface area contributed by atoms with Crippen LogP contribution >= 0.6 is 23.1 Å². The summed E-state index contributed by atoms with van der Waals surface area (Å²) in [5.74, 6) is 3.52. The van der Waals surface area contributed by atoms with E-state index in [0.717, 1.165) is 16.0 Å². The number of rotatable bonds is 7. The van der Waals surface area contributed by atoms with Crippen molar-refractivity contribution < 1.29 is 19.1 Å². The van der Waals surface area contributed by atoms with Gasteiger partial charge in [-0.1, -0.05) is 17.3 Å². The zero-order valence-electron chi connectivity index (χ0n) is 16.3. The summed E-state index contributed by atoms with van der Waals surface area (Å²) in [5.41, 5.74) is 0.915. The Morgan fingerprint density at radius 2 is 2.14 bits per heavy atom. The first-order chi connectivity index (χ1) is 14.1. The Balaban J connectivity index is 1.69. The van der Waals surface area contributed by atoms with Gasteiger partial charge in [0.1, 0.15) is 5.75 Å². The monoisotopic (exact) mass is 433 g/mol. The summed E-state index contributed by atoms with van der Waals surface area (Å²) in [6.07, 6.45) is 5.50. The highest BCUT2D eigenvalue weighted by Crippen LogP contribution is 2.23. The van der Waals surface area contributed by atoms with Crippen molar-refractivity contribution in [2.45, 2.75) is 13.5 Å². The van der Waals surface area contributed by atoms with E-state index in [1.807, 2.05) is 29.7 Å². The quantitative estimate of drug-likeness (QED) is 0.622. The topological polar surface area (TPSA) is 73.1 Å². The summed E-state index contributed by atoms with van der Waals surface area (Å²) >= 11 is 2.67. The van der Waals surface area contributed by atoms with E-state index in [1.165, 1.54) is 23.1 Å². The van der Waals surface area contributed by atoms with Gasteiger partial charge in [-0.15, -0.1) is 18.2 Å². The highest BCUT2D eigenvalue weighted by molar-refractivity contribution is 8.00. The highest BCUT2D eigenvalue weighted by atomic mass is 32.2. The van der Waals surface area contributed by atoms with Gasteiger partial charge in [0.05, 0.1) is 48.1 Å². The molecule has 1 aromatic carbocycles. The zero-order valence-corrected chi connectivity index (χ0v) is 17.9. The Morgan fingerprint density at radius 1 is 1.34 bits per heavy atom. The summed E-state index contributed by atoms with van der Waals surface area (Å²) in [6, 6.07) is 5.73. The van der Waals surface area contributed by atoms with Crippen molar-refractivity contribution in [3.63, 3.8) is 0 Å². The van der Waals surface area contributed by atoms with Crippen molar-refractivity contribution in [1.82, 2.24) is 9.47 Å². The van der Waals surface area contributed by atoms with Crippen molar-refractivity contribution in [2.75, 3.05) is 44.4 Å². The average molecular weight is 434 g/mol. The van der Waals surface area contributed by atoms with Crippen molar-refractivity contribution in [2.24, 2.45) is 4.99 Å². The second-order valence-corrected chi connectivity index (χ2v) is 8.22. The van der Waals surface area contributed by atoms with Gasteiger partial charge in [0.2, 0.25) is 5.91 Å². The lowest BCUT2D eigenvalue weighted by Gasteiger charge is -2.26. The van der Waals surface area contributed by atoms with E-state index >= 15 is 0 Å². The van der Waals surface area contributed by atoms with Crippen LogP contribution in [0.4, 0.5) is 0 Å². The number of amides is 2. The molecule has 0 radical (unpaired) electrons. The van der Waals surface area contributed by atoms with Crippen LogP contribution in [0.1, 0.15) is 6.92 Å². The molecule has 29 heavy (non-hydrogen) atoms. The molecular formula is C20H23N3O4S2. The Labute approximate surface area is 177 Å². The van der Waals surface area contributed by atoms with Crippen LogP contribution in [0.5, 0.6) is 5.75 Å². The molecule has 1 aliphatic rings. The maximum absolute atomic E-state index is 12.4. The van der Waals surface area contributed by atoms with E-state index in [4.69, 9.17) is 15.9 Å². The van der Waals surface area contributed by atoms with Crippen LogP contribution in [0.15, 0.2) is 23.2 Å². The summed E-state index contributed by atoms with van der Waals surface area (Å²) in [5, 5.41) is 0. The molecule has 9 heteroatoms. The van der Waals surface area contributed by atoms with E-state index < -0.39 is 0 Å². The molecule has 7 nitrogen and oxygen atoms in total. The van der Waals surface area contributed by atoms with Crippen molar-refractivity contribution >= 4 is 45.1 Å². The van der Waals surface area contributed by atoms with Crippen molar-refractivity contribution in [3.8, 4) is 18.1 Å². The highest BCUT2D eigenvalue weighted by Gasteiger charge is 2.17. The molecule has 2 heterocycles. The molecule has 0 atom stereocenters. The summed E-state index contributed by atoms with van der Waals surface area (Å²) in [6.45, 7) is 5.18. The molecule has 0 unspecified atom stereocenters. The Hall–Kier alpha value is -2.28. The van der Waals surface area contributed by atoms with Gasteiger partial charge in [-0.3, -0.25) is 9.59 Å². The van der Waals surface area contributed by atoms with E-state index in [2.05, 4.69) is 10.9 Å². The minimum Gasteiger partial charge on any atom is -0.494 e. The lowest BCUT2D eigenvalue weighted by atomic mass is 10.3. The number of morpholine rings is 1. The van der Waals surface area contributed by atoms with Gasteiger partial charge >= 0.3 is 0 Å². The van der Waals surface area contributed by atoms with Gasteiger partial charge in [-0.2, -0.15) is 4.99 Å². The zero-order chi connectivity index (χ0) is 20.6. The van der Waals surface area contributed by atoms with Gasteiger partial charge in [-0.25, -0.2) is 0 Å². The molecule has 3 rings (SSSR count). The van der Waals surface area contributed by atoms with Crippen LogP contribution in [0.2, 0.25) is 0 Å². The maximum Gasteiger partial charge on any atom is 0.258 e. The van der Waals surface area contributed by atoms with Crippen LogP contribution in [-0.2, 0) is 20.9 Å². The van der Waals surface area contributed by atoms with E-state index in [1.54, 1.807) is 4.90 Å². The van der Waals surface area contributed by atoms with Crippen molar-refractivity contribution in [1.29, 1.82) is 0 Å². The molecule has 1 aliphatic heterocycles. The molecule has 1 saturated heterocycles. The molecule has 1 fully saturated rings. The molecule has 2 aromatic rings. The number of thiazole rings is 1. The molecule has 0 spiro atoms. The fourth-order valence-electron chi connectivity index (χ4n) is 2.91. The SMILES string of the molecule is C#CCn1c(=NC(=O)CSCC(=O)N2CCOCC2)sc2cc(OCC)ccc21. The number of aromatic nitrogens is 1. The Kier molecular flexibility index (Phi) is 7.75. The molecule has 2 amide bonds. The van der Waals surface area contributed by atoms with Gasteiger partial charge in [0.25, 0.3) is 5.91 Å². The normalized spacial score (nSPS) is 14.8. The molecule has 0 bridgehead atoms. The largest absolute Gasteiger partial charge is 0.494 e. The Bertz CT molecular complexity index is 984. The first-order valence-corrected chi connectivity index (χ1v) is 11.3. The lowest BCUT2D eigenvalue weighted by Crippen LogP contribution is -2.41. The average Bonchev–Trinajstić information content (AvgIpc) is 3.05. The third kappa shape index (κ3) is 5.63. The third-order valence-corrected chi connectivity index (χ3v) is 6.19. The fourth-order valence-corrected chi connectivity index (χ4v) is 4.68. The summed E-state index contributed by atoms with van der Waals surface area (Å²) in [4.78, 5) is 31.1. The first kappa shape index (κ1) is 21.4. The summed E-state index contributed by atoms with van der Waals surface area (Å²) in [7, 11) is 0. The number of hydrogen-bond donors (Lipinski definition) is 0.